The largest absolute Gasteiger partial charge is 0.486 e. The third-order valence-corrected chi connectivity index (χ3v) is 5.83. The number of fused-ring (bicyclic) bond motifs is 1. The highest BCUT2D eigenvalue weighted by atomic mass is 35.5. The maximum absolute atomic E-state index is 12.8. The zero-order valence-corrected chi connectivity index (χ0v) is 19.3. The Morgan fingerprint density at radius 1 is 1.22 bits per heavy atom. The number of nitrogens with one attached hydrogen (secondary N) is 1. The number of hydrogen-bond donors (Lipinski definition) is 1. The van der Waals surface area contributed by atoms with Crippen molar-refractivity contribution in [3.8, 4) is 5.75 Å². The van der Waals surface area contributed by atoms with Gasteiger partial charge in [-0.05, 0) is 64.1 Å². The molecule has 32 heavy (non-hydrogen) atoms. The summed E-state index contributed by atoms with van der Waals surface area (Å²) in [5.41, 5.74) is 1.61. The Labute approximate surface area is 191 Å². The zero-order valence-electron chi connectivity index (χ0n) is 18.5. The van der Waals surface area contributed by atoms with Crippen LogP contribution in [0.3, 0.4) is 0 Å². The molecule has 0 saturated carbocycles. The summed E-state index contributed by atoms with van der Waals surface area (Å²) in [6, 6.07) is 10.4. The van der Waals surface area contributed by atoms with E-state index in [1.807, 2.05) is 25.7 Å². The van der Waals surface area contributed by atoms with Crippen molar-refractivity contribution in [2.24, 2.45) is 0 Å². The van der Waals surface area contributed by atoms with Gasteiger partial charge in [-0.1, -0.05) is 11.6 Å². The summed E-state index contributed by atoms with van der Waals surface area (Å²) in [5, 5.41) is 0.935. The monoisotopic (exact) mass is 455 g/mol. The van der Waals surface area contributed by atoms with E-state index in [1.54, 1.807) is 43.3 Å². The van der Waals surface area contributed by atoms with Gasteiger partial charge < -0.3 is 19.4 Å². The number of benzene rings is 2. The molecule has 0 radical (unpaired) electrons. The van der Waals surface area contributed by atoms with E-state index < -0.39 is 6.10 Å². The first kappa shape index (κ1) is 22.3. The first-order valence-electron chi connectivity index (χ1n) is 10.6. The summed E-state index contributed by atoms with van der Waals surface area (Å²) < 4.78 is 11.8. The molecule has 0 aliphatic carbocycles. The van der Waals surface area contributed by atoms with Gasteiger partial charge in [0.15, 0.2) is 0 Å². The Balaban J connectivity index is 1.50. The highest BCUT2D eigenvalue weighted by Gasteiger charge is 2.26. The van der Waals surface area contributed by atoms with Crippen LogP contribution in [-0.2, 0) is 4.74 Å². The number of morpholine rings is 1. The van der Waals surface area contributed by atoms with Crippen LogP contribution in [0.25, 0.3) is 10.9 Å². The third-order valence-electron chi connectivity index (χ3n) is 5.50. The fourth-order valence-electron chi connectivity index (χ4n) is 4.08. The number of rotatable bonds is 4. The van der Waals surface area contributed by atoms with Crippen LogP contribution in [0.5, 0.6) is 5.75 Å². The standard InChI is InChI=1S/C24H26ClN3O4/c1-13-11-28(12-14(2)31-13)24(30)17-5-7-18(8-6-17)32-15(3)19-9-20-22(10-21(19)25)26-16(4)27-23(20)29/h5-10,13-15H,11-12H2,1-4H3,(H,26,27,29). The van der Waals surface area contributed by atoms with Crippen molar-refractivity contribution in [1.82, 2.24) is 14.9 Å². The average Bonchev–Trinajstić information content (AvgIpc) is 2.72. The second kappa shape index (κ2) is 8.92. The molecule has 168 valence electrons. The van der Waals surface area contributed by atoms with Crippen LogP contribution in [0.4, 0.5) is 0 Å². The second-order valence-electron chi connectivity index (χ2n) is 8.29. The van der Waals surface area contributed by atoms with E-state index in [0.29, 0.717) is 51.7 Å². The molecule has 3 aromatic rings. The number of carbonyl (C=O) groups is 1. The maximum Gasteiger partial charge on any atom is 0.258 e. The number of hydrogen-bond acceptors (Lipinski definition) is 5. The van der Waals surface area contributed by atoms with Crippen LogP contribution < -0.4 is 10.3 Å². The lowest BCUT2D eigenvalue weighted by atomic mass is 10.1. The van der Waals surface area contributed by atoms with Gasteiger partial charge in [-0.25, -0.2) is 4.98 Å². The number of ether oxygens (including phenoxy) is 2. The Bertz CT molecular complexity index is 1200. The first-order valence-corrected chi connectivity index (χ1v) is 11.0. The topological polar surface area (TPSA) is 84.5 Å². The Kier molecular flexibility index (Phi) is 6.22. The number of amides is 1. The van der Waals surface area contributed by atoms with Crippen molar-refractivity contribution in [3.05, 3.63) is 68.7 Å². The molecule has 4 rings (SSSR count). The number of aryl methyl sites for hydroxylation is 1. The third kappa shape index (κ3) is 4.64. The molecule has 1 fully saturated rings. The Morgan fingerprint density at radius 2 is 1.88 bits per heavy atom. The summed E-state index contributed by atoms with van der Waals surface area (Å²) in [4.78, 5) is 34.0. The van der Waals surface area contributed by atoms with E-state index in [1.165, 1.54) is 0 Å². The molecule has 1 aliphatic rings. The number of aromatic nitrogens is 2. The van der Waals surface area contributed by atoms with Gasteiger partial charge in [0.2, 0.25) is 0 Å². The van der Waals surface area contributed by atoms with Gasteiger partial charge in [0.25, 0.3) is 11.5 Å². The lowest BCUT2D eigenvalue weighted by Gasteiger charge is -2.35. The number of aromatic amines is 1. The molecule has 8 heteroatoms. The molecule has 1 aromatic heterocycles. The number of carbonyl (C=O) groups excluding carboxylic acids is 1. The van der Waals surface area contributed by atoms with Gasteiger partial charge in [0.1, 0.15) is 17.7 Å². The number of nitrogens with zero attached hydrogens (tertiary/aromatic N) is 2. The summed E-state index contributed by atoms with van der Waals surface area (Å²) >= 11 is 6.45. The normalized spacial score (nSPS) is 19.7. The van der Waals surface area contributed by atoms with Crippen molar-refractivity contribution in [2.45, 2.75) is 46.0 Å². The van der Waals surface area contributed by atoms with Crippen LogP contribution in [0.2, 0.25) is 5.02 Å². The summed E-state index contributed by atoms with van der Waals surface area (Å²) in [7, 11) is 0. The molecule has 1 saturated heterocycles. The summed E-state index contributed by atoms with van der Waals surface area (Å²) in [6.45, 7) is 8.68. The maximum atomic E-state index is 12.8. The second-order valence-corrected chi connectivity index (χ2v) is 8.70. The van der Waals surface area contributed by atoms with E-state index in [0.717, 1.165) is 0 Å². The Hall–Kier alpha value is -2.90. The summed E-state index contributed by atoms with van der Waals surface area (Å²) in [6.07, 6.45) is -0.372. The molecule has 1 aliphatic heterocycles. The first-order chi connectivity index (χ1) is 15.2. The van der Waals surface area contributed by atoms with Crippen LogP contribution in [0, 0.1) is 6.92 Å². The molecule has 0 spiro atoms. The van der Waals surface area contributed by atoms with Crippen molar-refractivity contribution >= 4 is 28.4 Å². The highest BCUT2D eigenvalue weighted by molar-refractivity contribution is 6.32. The minimum absolute atomic E-state index is 0.0178. The molecule has 3 unspecified atom stereocenters. The van der Waals surface area contributed by atoms with Crippen LogP contribution in [-0.4, -0.2) is 46.1 Å². The van der Waals surface area contributed by atoms with Gasteiger partial charge in [-0.15, -0.1) is 0 Å². The van der Waals surface area contributed by atoms with Gasteiger partial charge in [-0.2, -0.15) is 0 Å². The van der Waals surface area contributed by atoms with Gasteiger partial charge in [0, 0.05) is 29.2 Å². The predicted molar refractivity (Wildman–Crippen MR) is 124 cm³/mol. The quantitative estimate of drug-likeness (QED) is 0.634. The molecule has 7 nitrogen and oxygen atoms in total. The fourth-order valence-corrected chi connectivity index (χ4v) is 4.39. The molecule has 2 heterocycles. The number of H-pyrrole nitrogens is 1. The van der Waals surface area contributed by atoms with Gasteiger partial charge >= 0.3 is 0 Å². The van der Waals surface area contributed by atoms with E-state index >= 15 is 0 Å². The van der Waals surface area contributed by atoms with Crippen molar-refractivity contribution in [1.29, 1.82) is 0 Å². The molecule has 3 atom stereocenters. The van der Waals surface area contributed by atoms with E-state index in [2.05, 4.69) is 9.97 Å². The molecule has 2 aromatic carbocycles. The molecule has 1 N–H and O–H groups in total. The van der Waals surface area contributed by atoms with Crippen LogP contribution >= 0.6 is 11.6 Å². The lowest BCUT2D eigenvalue weighted by Crippen LogP contribution is -2.48. The molecule has 1 amide bonds. The SMILES string of the molecule is Cc1nc2cc(Cl)c(C(C)Oc3ccc(C(=O)N4CC(C)OC(C)C4)cc3)cc2c(=O)[nH]1. The van der Waals surface area contributed by atoms with Crippen molar-refractivity contribution in [2.75, 3.05) is 13.1 Å². The van der Waals surface area contributed by atoms with Crippen LogP contribution in [0.15, 0.2) is 41.2 Å². The highest BCUT2D eigenvalue weighted by Crippen LogP contribution is 2.30. The van der Waals surface area contributed by atoms with Crippen LogP contribution in [0.1, 0.15) is 48.6 Å². The zero-order chi connectivity index (χ0) is 23.0. The molecular formula is C24H26ClN3O4. The summed E-state index contributed by atoms with van der Waals surface area (Å²) in [5.74, 6) is 1.11. The van der Waals surface area contributed by atoms with Gasteiger partial charge in [-0.3, -0.25) is 9.59 Å². The smallest absolute Gasteiger partial charge is 0.258 e. The van der Waals surface area contributed by atoms with Crippen molar-refractivity contribution < 1.29 is 14.3 Å². The Morgan fingerprint density at radius 3 is 2.53 bits per heavy atom. The predicted octanol–water partition coefficient (Wildman–Crippen LogP) is 4.27. The van der Waals surface area contributed by atoms with E-state index in [9.17, 15) is 9.59 Å². The minimum Gasteiger partial charge on any atom is -0.486 e. The minimum atomic E-state index is -0.407. The van der Waals surface area contributed by atoms with Gasteiger partial charge in [0.05, 0.1) is 23.1 Å². The number of halogens is 1. The lowest BCUT2D eigenvalue weighted by molar-refractivity contribution is -0.0586. The van der Waals surface area contributed by atoms with Crippen molar-refractivity contribution in [3.63, 3.8) is 0 Å². The van der Waals surface area contributed by atoms with E-state index in [-0.39, 0.29) is 23.7 Å². The molecular weight excluding hydrogens is 430 g/mol. The molecule has 0 bridgehead atoms. The average molecular weight is 456 g/mol. The van der Waals surface area contributed by atoms with E-state index in [4.69, 9.17) is 21.1 Å². The fraction of sp³-hybridized carbons (Fsp3) is 0.375.